The number of nitrogens with two attached hydrogens (primary N) is 1. The fraction of sp³-hybridized carbons (Fsp3) is 0.320. The van der Waals surface area contributed by atoms with Gasteiger partial charge in [0.15, 0.2) is 6.23 Å². The van der Waals surface area contributed by atoms with E-state index >= 15 is 0 Å². The molecule has 0 amide bonds. The fourth-order valence-electron chi connectivity index (χ4n) is 4.29. The van der Waals surface area contributed by atoms with Crippen LogP contribution in [-0.2, 0) is 6.61 Å². The monoisotopic (exact) mass is 416 g/mol. The normalized spacial score (nSPS) is 20.0. The van der Waals surface area contributed by atoms with E-state index in [1.807, 2.05) is 60.5 Å². The predicted molar refractivity (Wildman–Crippen MR) is 121 cm³/mol. The maximum atomic E-state index is 11.2. The third-order valence-electron chi connectivity index (χ3n) is 6.17. The van der Waals surface area contributed by atoms with Gasteiger partial charge >= 0.3 is 0 Å². The molecule has 160 valence electrons. The van der Waals surface area contributed by atoms with Gasteiger partial charge in [-0.25, -0.2) is 0 Å². The van der Waals surface area contributed by atoms with Crippen molar-refractivity contribution in [3.63, 3.8) is 0 Å². The fourth-order valence-corrected chi connectivity index (χ4v) is 4.29. The molecule has 4 N–H and O–H groups in total. The summed E-state index contributed by atoms with van der Waals surface area (Å²) >= 11 is 0. The van der Waals surface area contributed by atoms with Crippen LogP contribution in [0.2, 0.25) is 0 Å². The van der Waals surface area contributed by atoms with Gasteiger partial charge < -0.3 is 25.7 Å². The van der Waals surface area contributed by atoms with Gasteiger partial charge in [0.05, 0.1) is 29.6 Å². The second-order valence-electron chi connectivity index (χ2n) is 8.18. The maximum Gasteiger partial charge on any atom is 0.168 e. The molecule has 1 unspecified atom stereocenters. The topological polar surface area (TPSA) is 96.8 Å². The Balaban J connectivity index is 1.84. The second-order valence-corrected chi connectivity index (χ2v) is 8.18. The molecule has 6 heteroatoms. The van der Waals surface area contributed by atoms with Crippen molar-refractivity contribution < 1.29 is 10.2 Å². The lowest BCUT2D eigenvalue weighted by Gasteiger charge is -2.42. The summed E-state index contributed by atoms with van der Waals surface area (Å²) in [5, 5.41) is 29.8. The van der Waals surface area contributed by atoms with Gasteiger partial charge in [-0.3, -0.25) is 0 Å². The number of likely N-dealkylation sites (tertiary alicyclic amines) is 1. The summed E-state index contributed by atoms with van der Waals surface area (Å²) < 4.78 is 0. The van der Waals surface area contributed by atoms with Gasteiger partial charge in [0.2, 0.25) is 0 Å². The molecule has 0 aliphatic carbocycles. The zero-order valence-corrected chi connectivity index (χ0v) is 17.7. The first-order chi connectivity index (χ1) is 15.0. The molecule has 2 heterocycles. The van der Waals surface area contributed by atoms with Gasteiger partial charge in [0, 0.05) is 31.8 Å². The molecular weight excluding hydrogens is 388 g/mol. The van der Waals surface area contributed by atoms with Crippen molar-refractivity contribution in [1.82, 2.24) is 9.80 Å². The van der Waals surface area contributed by atoms with Crippen LogP contribution in [0.5, 0.6) is 0 Å². The summed E-state index contributed by atoms with van der Waals surface area (Å²) in [5.74, 6) is 0. The van der Waals surface area contributed by atoms with E-state index in [0.29, 0.717) is 5.56 Å². The number of hydrogen-bond acceptors (Lipinski definition) is 6. The molecule has 1 fully saturated rings. The lowest BCUT2D eigenvalue weighted by Crippen LogP contribution is -2.46. The van der Waals surface area contributed by atoms with Crippen molar-refractivity contribution in [3.8, 4) is 6.07 Å². The quantitative estimate of drug-likeness (QED) is 0.709. The highest BCUT2D eigenvalue weighted by Gasteiger charge is 2.32. The van der Waals surface area contributed by atoms with Gasteiger partial charge in [0.1, 0.15) is 0 Å². The van der Waals surface area contributed by atoms with Crippen LogP contribution in [0, 0.1) is 11.3 Å². The highest BCUT2D eigenvalue weighted by Crippen LogP contribution is 2.38. The molecule has 0 spiro atoms. The Kier molecular flexibility index (Phi) is 6.10. The molecule has 4 rings (SSSR count). The Morgan fingerprint density at radius 2 is 1.65 bits per heavy atom. The van der Waals surface area contributed by atoms with E-state index in [2.05, 4.69) is 17.0 Å². The molecular formula is C25H28N4O2. The van der Waals surface area contributed by atoms with Gasteiger partial charge in [-0.2, -0.15) is 5.26 Å². The molecule has 2 aromatic carbocycles. The summed E-state index contributed by atoms with van der Waals surface area (Å²) in [6.07, 6.45) is 3.10. The summed E-state index contributed by atoms with van der Waals surface area (Å²) in [6, 6.07) is 17.6. The van der Waals surface area contributed by atoms with Crippen molar-refractivity contribution in [2.24, 2.45) is 5.73 Å². The Labute approximate surface area is 183 Å². The first kappa shape index (κ1) is 21.1. The number of benzene rings is 2. The van der Waals surface area contributed by atoms with Crippen LogP contribution in [0.3, 0.4) is 0 Å². The molecule has 0 radical (unpaired) electrons. The Morgan fingerprint density at radius 1 is 1.03 bits per heavy atom. The summed E-state index contributed by atoms with van der Waals surface area (Å²) in [7, 11) is 1.90. The molecule has 0 bridgehead atoms. The highest BCUT2D eigenvalue weighted by atomic mass is 16.3. The third kappa shape index (κ3) is 4.21. The average Bonchev–Trinajstić information content (AvgIpc) is 2.81. The van der Waals surface area contributed by atoms with Crippen LogP contribution in [0.25, 0.3) is 11.3 Å². The number of nitrogens with zero attached hydrogens (tertiary/aromatic N) is 3. The minimum absolute atomic E-state index is 0.0125. The van der Waals surface area contributed by atoms with Crippen molar-refractivity contribution >= 4 is 11.3 Å². The van der Waals surface area contributed by atoms with E-state index < -0.39 is 6.23 Å². The molecule has 2 aliphatic rings. The SMILES string of the molecule is CN1C(c2ccc(CO)cc2)=C(c2ccc(C#N)cc2)C=C(N2CCC(N)CC2)C1O. The minimum Gasteiger partial charge on any atom is -0.392 e. The van der Waals surface area contributed by atoms with E-state index in [4.69, 9.17) is 5.73 Å². The average molecular weight is 417 g/mol. The number of rotatable bonds is 4. The van der Waals surface area contributed by atoms with Gasteiger partial charge in [-0.15, -0.1) is 0 Å². The molecule has 1 saturated heterocycles. The van der Waals surface area contributed by atoms with Crippen LogP contribution in [-0.4, -0.2) is 52.4 Å². The Morgan fingerprint density at radius 3 is 2.23 bits per heavy atom. The molecule has 2 aromatic rings. The van der Waals surface area contributed by atoms with Crippen molar-refractivity contribution in [2.45, 2.75) is 31.7 Å². The molecule has 2 aliphatic heterocycles. The number of piperidine rings is 1. The van der Waals surface area contributed by atoms with E-state index in [1.165, 1.54) is 0 Å². The highest BCUT2D eigenvalue weighted by molar-refractivity contribution is 5.96. The number of allylic oxidation sites excluding steroid dienone is 2. The van der Waals surface area contributed by atoms with E-state index in [9.17, 15) is 15.5 Å². The molecule has 31 heavy (non-hydrogen) atoms. The number of aliphatic hydroxyl groups excluding tert-OH is 2. The molecule has 1 atom stereocenters. The lowest BCUT2D eigenvalue weighted by atomic mass is 9.92. The van der Waals surface area contributed by atoms with Crippen molar-refractivity contribution in [3.05, 3.63) is 82.6 Å². The van der Waals surface area contributed by atoms with E-state index in [0.717, 1.165) is 59.6 Å². The van der Waals surface area contributed by atoms with E-state index in [-0.39, 0.29) is 12.6 Å². The zero-order valence-electron chi connectivity index (χ0n) is 17.7. The first-order valence-corrected chi connectivity index (χ1v) is 10.6. The number of aliphatic hydroxyl groups is 2. The minimum atomic E-state index is -0.774. The van der Waals surface area contributed by atoms with Crippen LogP contribution in [0.1, 0.15) is 35.1 Å². The van der Waals surface area contributed by atoms with Crippen molar-refractivity contribution in [1.29, 1.82) is 5.26 Å². The second kappa shape index (κ2) is 8.94. The summed E-state index contributed by atoms with van der Waals surface area (Å²) in [4.78, 5) is 4.12. The lowest BCUT2D eigenvalue weighted by molar-refractivity contribution is 0.0586. The van der Waals surface area contributed by atoms with Crippen LogP contribution >= 0.6 is 0 Å². The Bertz CT molecular complexity index is 1030. The largest absolute Gasteiger partial charge is 0.392 e. The molecule has 0 aromatic heterocycles. The maximum absolute atomic E-state index is 11.2. The van der Waals surface area contributed by atoms with Crippen LogP contribution in [0.15, 0.2) is 60.3 Å². The smallest absolute Gasteiger partial charge is 0.168 e. The summed E-state index contributed by atoms with van der Waals surface area (Å²) in [5.41, 5.74) is 12.2. The zero-order chi connectivity index (χ0) is 22.0. The summed E-state index contributed by atoms with van der Waals surface area (Å²) in [6.45, 7) is 1.62. The third-order valence-corrected chi connectivity index (χ3v) is 6.17. The predicted octanol–water partition coefficient (Wildman–Crippen LogP) is 2.49. The van der Waals surface area contributed by atoms with Crippen LogP contribution < -0.4 is 5.73 Å². The Hall–Kier alpha value is -3.11. The van der Waals surface area contributed by atoms with Crippen LogP contribution in [0.4, 0.5) is 0 Å². The standard InChI is InChI=1S/C25H28N4O2/c1-28-24(20-8-4-18(16-30)5-9-20)22(19-6-2-17(15-26)3-7-19)14-23(25(28)31)29-12-10-21(27)11-13-29/h2-9,14,21,25,30-31H,10-13,16,27H2,1H3. The van der Waals surface area contributed by atoms with Gasteiger partial charge in [0.25, 0.3) is 0 Å². The molecule has 0 saturated carbocycles. The van der Waals surface area contributed by atoms with Gasteiger partial charge in [-0.1, -0.05) is 36.4 Å². The number of nitriles is 1. The van der Waals surface area contributed by atoms with Crippen molar-refractivity contribution in [2.75, 3.05) is 20.1 Å². The molecule has 6 nitrogen and oxygen atoms in total. The van der Waals surface area contributed by atoms with Gasteiger partial charge in [-0.05, 0) is 47.7 Å². The van der Waals surface area contributed by atoms with E-state index in [1.54, 1.807) is 0 Å². The number of hydrogen-bond donors (Lipinski definition) is 3. The number of likely N-dealkylation sites (N-methyl/N-ethyl adjacent to an activating group) is 1. The first-order valence-electron chi connectivity index (χ1n) is 10.6.